The molecule has 4 rings (SSSR count). The van der Waals surface area contributed by atoms with Gasteiger partial charge < -0.3 is 9.64 Å². The van der Waals surface area contributed by atoms with E-state index < -0.39 is 17.6 Å². The largest absolute Gasteiger partial charge is 0.467 e. The number of hydrogen-bond acceptors (Lipinski definition) is 5. The van der Waals surface area contributed by atoms with Crippen LogP contribution in [0.4, 0.5) is 0 Å². The normalized spacial score (nSPS) is 28.7. The lowest BCUT2D eigenvalue weighted by Gasteiger charge is -2.21. The third kappa shape index (κ3) is 2.68. The lowest BCUT2D eigenvalue weighted by molar-refractivity contribution is -0.150. The first-order chi connectivity index (χ1) is 12.4. The number of hydrogen-bond donors (Lipinski definition) is 1. The number of carbonyl (C=O) groups is 2. The average Bonchev–Trinajstić information content (AvgIpc) is 3.19. The molecule has 6 nitrogen and oxygen atoms in total. The molecule has 2 heterocycles. The van der Waals surface area contributed by atoms with E-state index in [2.05, 4.69) is 5.48 Å². The van der Waals surface area contributed by atoms with E-state index in [1.807, 2.05) is 30.3 Å². The zero-order valence-corrected chi connectivity index (χ0v) is 15.5. The van der Waals surface area contributed by atoms with E-state index in [1.54, 1.807) is 0 Å². The molecule has 3 aliphatic rings. The second kappa shape index (κ2) is 5.99. The molecule has 1 saturated heterocycles. The number of amides is 1. The highest BCUT2D eigenvalue weighted by Gasteiger charge is 2.56. The Morgan fingerprint density at radius 2 is 2.00 bits per heavy atom. The summed E-state index contributed by atoms with van der Waals surface area (Å²) in [5.41, 5.74) is 4.46. The van der Waals surface area contributed by atoms with Gasteiger partial charge in [-0.15, -0.1) is 0 Å². The van der Waals surface area contributed by atoms with Crippen molar-refractivity contribution in [3.8, 4) is 0 Å². The highest BCUT2D eigenvalue weighted by atomic mass is 35.5. The van der Waals surface area contributed by atoms with Crippen molar-refractivity contribution in [1.82, 2.24) is 10.4 Å². The molecule has 1 aromatic carbocycles. The number of halogens is 1. The molecule has 1 N–H and O–H groups in total. The average molecular weight is 377 g/mol. The number of likely N-dealkylation sites (tertiary alicyclic amines) is 1. The van der Waals surface area contributed by atoms with Crippen molar-refractivity contribution in [2.24, 2.45) is 0 Å². The first-order valence-corrected chi connectivity index (χ1v) is 9.05. The second-order valence-corrected chi connectivity index (χ2v) is 7.74. The number of ether oxygens (including phenoxy) is 1. The zero-order valence-electron chi connectivity index (χ0n) is 14.8. The Kier molecular flexibility index (Phi) is 4.00. The minimum absolute atomic E-state index is 0.0987. The molecule has 1 amide bonds. The van der Waals surface area contributed by atoms with E-state index in [0.717, 1.165) is 18.5 Å². The molecular weight excluding hydrogens is 356 g/mol. The maximum atomic E-state index is 12.1. The van der Waals surface area contributed by atoms with Gasteiger partial charge in [0.05, 0.1) is 13.7 Å². The molecule has 1 aromatic rings. The summed E-state index contributed by atoms with van der Waals surface area (Å²) in [4.78, 5) is 31.5. The fraction of sp³-hybridized carbons (Fsp3) is 0.474. The van der Waals surface area contributed by atoms with Crippen LogP contribution < -0.4 is 5.48 Å². The van der Waals surface area contributed by atoms with Crippen molar-refractivity contribution >= 4 is 23.5 Å². The second-order valence-electron chi connectivity index (χ2n) is 7.31. The molecule has 0 bridgehead atoms. The number of nitrogens with zero attached hydrogens (tertiary/aromatic N) is 1. The molecule has 2 unspecified atom stereocenters. The van der Waals surface area contributed by atoms with Crippen LogP contribution in [-0.4, -0.2) is 42.1 Å². The van der Waals surface area contributed by atoms with Gasteiger partial charge in [-0.25, -0.2) is 4.79 Å². The van der Waals surface area contributed by atoms with Crippen LogP contribution >= 0.6 is 11.6 Å². The van der Waals surface area contributed by atoms with Gasteiger partial charge in [-0.2, -0.15) is 0 Å². The summed E-state index contributed by atoms with van der Waals surface area (Å²) in [5.74, 6) is -0.581. The first-order valence-electron chi connectivity index (χ1n) is 8.68. The Hall–Kier alpha value is -2.05. The summed E-state index contributed by atoms with van der Waals surface area (Å²) in [6.45, 7) is 1.79. The minimum atomic E-state index is -0.706. The van der Waals surface area contributed by atoms with Crippen LogP contribution in [0.25, 0.3) is 0 Å². The Balaban J connectivity index is 1.62. The van der Waals surface area contributed by atoms with Gasteiger partial charge in [0.2, 0.25) is 5.91 Å². The third-order valence-electron chi connectivity index (χ3n) is 5.66. The number of allylic oxidation sites excluding steroid dienone is 1. The van der Waals surface area contributed by atoms with Gasteiger partial charge in [0.15, 0.2) is 0 Å². The van der Waals surface area contributed by atoms with Gasteiger partial charge in [0, 0.05) is 29.5 Å². The highest BCUT2D eigenvalue weighted by molar-refractivity contribution is 6.30. The van der Waals surface area contributed by atoms with Crippen molar-refractivity contribution in [2.75, 3.05) is 13.7 Å². The molecule has 1 aliphatic carbocycles. The number of nitrogens with one attached hydrogen (secondary N) is 1. The lowest BCUT2D eigenvalue weighted by Crippen LogP contribution is -2.40. The van der Waals surface area contributed by atoms with Crippen LogP contribution in [0.5, 0.6) is 0 Å². The molecule has 1 spiro atoms. The summed E-state index contributed by atoms with van der Waals surface area (Å²) >= 11 is 6.01. The maximum Gasteiger partial charge on any atom is 0.328 e. The molecule has 7 heteroatoms. The SMILES string of the molecule is COC(=O)C1CC2(C=C(C3(c4ccc(Cl)cc4)CC3)NO2)CN1C(C)=O. The Bertz CT molecular complexity index is 787. The standard InChI is InChI=1S/C19H21ClN2O4/c1-12(23)22-11-18(9-15(22)17(24)25-2)10-16(21-26-18)19(7-8-19)13-3-5-14(20)6-4-13/h3-6,10,15,21H,7-9,11H2,1-2H3. The van der Waals surface area contributed by atoms with Crippen molar-refractivity contribution in [3.63, 3.8) is 0 Å². The van der Waals surface area contributed by atoms with Gasteiger partial charge in [-0.05, 0) is 36.6 Å². The number of hydroxylamine groups is 1. The molecule has 0 radical (unpaired) electrons. The summed E-state index contributed by atoms with van der Waals surface area (Å²) in [7, 11) is 1.33. The van der Waals surface area contributed by atoms with Crippen molar-refractivity contribution in [1.29, 1.82) is 0 Å². The van der Waals surface area contributed by atoms with Crippen molar-refractivity contribution in [2.45, 2.75) is 43.2 Å². The van der Waals surface area contributed by atoms with E-state index in [4.69, 9.17) is 21.2 Å². The molecular formula is C19H21ClN2O4. The number of carbonyl (C=O) groups excluding carboxylic acids is 2. The topological polar surface area (TPSA) is 67.9 Å². The highest BCUT2D eigenvalue weighted by Crippen LogP contribution is 2.55. The number of rotatable bonds is 3. The number of benzene rings is 1. The molecule has 2 aliphatic heterocycles. The molecule has 138 valence electrons. The van der Waals surface area contributed by atoms with Crippen molar-refractivity contribution < 1.29 is 19.2 Å². The maximum absolute atomic E-state index is 12.1. The van der Waals surface area contributed by atoms with Gasteiger partial charge in [-0.3, -0.25) is 15.1 Å². The first kappa shape index (κ1) is 17.4. The zero-order chi connectivity index (χ0) is 18.5. The lowest BCUT2D eigenvalue weighted by atomic mass is 9.89. The van der Waals surface area contributed by atoms with Gasteiger partial charge in [0.1, 0.15) is 11.6 Å². The smallest absolute Gasteiger partial charge is 0.328 e. The molecule has 0 aromatic heterocycles. The van der Waals surface area contributed by atoms with Crippen LogP contribution in [-0.2, 0) is 24.6 Å². The van der Waals surface area contributed by atoms with Gasteiger partial charge >= 0.3 is 5.97 Å². The monoisotopic (exact) mass is 376 g/mol. The fourth-order valence-corrected chi connectivity index (χ4v) is 4.20. The van der Waals surface area contributed by atoms with Crippen molar-refractivity contribution in [3.05, 3.63) is 46.6 Å². The Morgan fingerprint density at radius 3 is 2.58 bits per heavy atom. The van der Waals surface area contributed by atoms with E-state index in [-0.39, 0.29) is 11.3 Å². The van der Waals surface area contributed by atoms with E-state index >= 15 is 0 Å². The molecule has 26 heavy (non-hydrogen) atoms. The minimum Gasteiger partial charge on any atom is -0.467 e. The summed E-state index contributed by atoms with van der Waals surface area (Å²) in [6.07, 6.45) is 4.47. The Labute approximate surface area is 157 Å². The summed E-state index contributed by atoms with van der Waals surface area (Å²) < 4.78 is 4.86. The summed E-state index contributed by atoms with van der Waals surface area (Å²) in [5, 5.41) is 0.708. The predicted molar refractivity (Wildman–Crippen MR) is 95.2 cm³/mol. The molecule has 2 fully saturated rings. The third-order valence-corrected chi connectivity index (χ3v) is 5.92. The quantitative estimate of drug-likeness (QED) is 0.820. The Morgan fingerprint density at radius 1 is 1.31 bits per heavy atom. The summed E-state index contributed by atoms with van der Waals surface area (Å²) in [6, 6.07) is 7.24. The predicted octanol–water partition coefficient (Wildman–Crippen LogP) is 2.32. The fourth-order valence-electron chi connectivity index (χ4n) is 4.08. The molecule has 1 saturated carbocycles. The van der Waals surface area contributed by atoms with Crippen LogP contribution in [0.15, 0.2) is 36.0 Å². The molecule has 2 atom stereocenters. The van der Waals surface area contributed by atoms with Crippen LogP contribution in [0.1, 0.15) is 31.7 Å². The van der Waals surface area contributed by atoms with Crippen LogP contribution in [0.3, 0.4) is 0 Å². The van der Waals surface area contributed by atoms with E-state index in [1.165, 1.54) is 24.5 Å². The van der Waals surface area contributed by atoms with Crippen LogP contribution in [0.2, 0.25) is 5.02 Å². The van der Waals surface area contributed by atoms with Gasteiger partial charge in [0.25, 0.3) is 0 Å². The van der Waals surface area contributed by atoms with Gasteiger partial charge in [-0.1, -0.05) is 23.7 Å². The number of methoxy groups -OCH3 is 1. The van der Waals surface area contributed by atoms with Crippen LogP contribution in [0, 0.1) is 0 Å². The number of esters is 1. The van der Waals surface area contributed by atoms with E-state index in [0.29, 0.717) is 18.0 Å². The van der Waals surface area contributed by atoms with E-state index in [9.17, 15) is 9.59 Å².